The number of rotatable bonds is 10. The topological polar surface area (TPSA) is 96.3 Å². The van der Waals surface area contributed by atoms with Crippen LogP contribution in [0.2, 0.25) is 0 Å². The van der Waals surface area contributed by atoms with Crippen molar-refractivity contribution >= 4 is 11.8 Å². The van der Waals surface area contributed by atoms with E-state index in [4.69, 9.17) is 10.9 Å². The molecule has 120 valence electrons. The standard InChI is InChI=1S/C15H19NO6/c17-9-11(18)10-22-8-7-21-6-5-16-14(19)12-3-1-2-4-13(12)15(16)20/h1-4,11,17-18H,5-10H2/i17D. The summed E-state index contributed by atoms with van der Waals surface area (Å²) < 4.78 is 16.9. The molecule has 1 aliphatic heterocycles. The molecule has 1 aliphatic rings. The van der Waals surface area contributed by atoms with Crippen LogP contribution in [0, 0.1) is 0 Å². The Morgan fingerprint density at radius 2 is 1.73 bits per heavy atom. The summed E-state index contributed by atoms with van der Waals surface area (Å²) in [7, 11) is 0. The summed E-state index contributed by atoms with van der Waals surface area (Å²) in [6.45, 7) is 0.880. The van der Waals surface area contributed by atoms with Gasteiger partial charge in [0.05, 0.1) is 50.7 Å². The summed E-state index contributed by atoms with van der Waals surface area (Å²) in [4.78, 5) is 25.3. The fraction of sp³-hybridized carbons (Fsp3) is 0.467. The third-order valence-electron chi connectivity index (χ3n) is 3.21. The Labute approximate surface area is 129 Å². The van der Waals surface area contributed by atoms with Crippen molar-refractivity contribution in [2.75, 3.05) is 39.6 Å². The third-order valence-corrected chi connectivity index (χ3v) is 3.21. The molecule has 1 heterocycles. The Hall–Kier alpha value is -1.80. The fourth-order valence-corrected chi connectivity index (χ4v) is 2.09. The highest BCUT2D eigenvalue weighted by molar-refractivity contribution is 6.21. The van der Waals surface area contributed by atoms with Gasteiger partial charge in [-0.05, 0) is 12.1 Å². The zero-order chi connectivity index (χ0) is 16.7. The first-order valence-electron chi connectivity index (χ1n) is 7.43. The van der Waals surface area contributed by atoms with E-state index in [-0.39, 0.29) is 51.4 Å². The Bertz CT molecular complexity index is 518. The molecule has 2 amide bonds. The molecule has 0 spiro atoms. The molecule has 0 saturated heterocycles. The summed E-state index contributed by atoms with van der Waals surface area (Å²) in [5.41, 5.74) is 0.845. The number of hydrogen-bond donors (Lipinski definition) is 2. The molecule has 1 aromatic carbocycles. The lowest BCUT2D eigenvalue weighted by atomic mass is 10.1. The Balaban J connectivity index is 1.63. The summed E-state index contributed by atoms with van der Waals surface area (Å²) in [5.74, 6) is -0.604. The van der Waals surface area contributed by atoms with E-state index >= 15 is 0 Å². The first-order valence-corrected chi connectivity index (χ1v) is 7.02. The zero-order valence-corrected chi connectivity index (χ0v) is 12.1. The molecule has 0 saturated carbocycles. The molecule has 1 unspecified atom stereocenters. The minimum Gasteiger partial charge on any atom is -0.394 e. The molecule has 0 bridgehead atoms. The SMILES string of the molecule is [2H]OCC(O)COCCOCCN1C(=O)c2ccccc2C1=O. The molecular formula is C15H19NO6. The smallest absolute Gasteiger partial charge is 0.261 e. The minimum atomic E-state index is -0.842. The van der Waals surface area contributed by atoms with E-state index in [9.17, 15) is 14.7 Å². The lowest BCUT2D eigenvalue weighted by molar-refractivity contribution is -0.0159. The lowest BCUT2D eigenvalue weighted by Gasteiger charge is -2.14. The molecule has 0 fully saturated rings. The number of fused-ring (bicyclic) bond motifs is 1. The van der Waals surface area contributed by atoms with Crippen LogP contribution in [0.25, 0.3) is 0 Å². The van der Waals surface area contributed by atoms with Crippen LogP contribution in [0.4, 0.5) is 0 Å². The zero-order valence-electron chi connectivity index (χ0n) is 13.1. The third kappa shape index (κ3) is 3.89. The highest BCUT2D eigenvalue weighted by atomic mass is 16.5. The number of hydrogen-bond acceptors (Lipinski definition) is 6. The van der Waals surface area contributed by atoms with Gasteiger partial charge in [0.1, 0.15) is 6.10 Å². The van der Waals surface area contributed by atoms with Crippen molar-refractivity contribution in [3.8, 4) is 0 Å². The van der Waals surface area contributed by atoms with Gasteiger partial charge in [-0.25, -0.2) is 0 Å². The van der Waals surface area contributed by atoms with E-state index in [1.54, 1.807) is 24.3 Å². The van der Waals surface area contributed by atoms with Gasteiger partial charge >= 0.3 is 0 Å². The number of ether oxygens (including phenoxy) is 2. The van der Waals surface area contributed by atoms with E-state index in [1.165, 1.54) is 4.90 Å². The second kappa shape index (κ2) is 8.00. The van der Waals surface area contributed by atoms with Crippen molar-refractivity contribution in [3.05, 3.63) is 35.4 Å². The molecule has 22 heavy (non-hydrogen) atoms. The number of carbonyl (C=O) groups excluding carboxylic acids is 2. The number of aliphatic hydroxyl groups is 2. The summed E-state index contributed by atoms with van der Waals surface area (Å²) in [6.07, 6.45) is -0.842. The molecule has 2 N–H and O–H groups in total. The molecule has 1 aromatic rings. The van der Waals surface area contributed by atoms with Crippen molar-refractivity contribution in [2.24, 2.45) is 0 Å². The first-order chi connectivity index (χ1) is 11.1. The summed E-state index contributed by atoms with van der Waals surface area (Å²) >= 11 is 0. The molecule has 7 heteroatoms. The van der Waals surface area contributed by atoms with Crippen LogP contribution in [0.15, 0.2) is 24.3 Å². The fourth-order valence-electron chi connectivity index (χ4n) is 2.09. The van der Waals surface area contributed by atoms with Gasteiger partial charge in [-0.3, -0.25) is 14.5 Å². The van der Waals surface area contributed by atoms with E-state index in [2.05, 4.69) is 5.11 Å². The maximum atomic E-state index is 12.1. The predicted octanol–water partition coefficient (Wildman–Crippen LogP) is -0.331. The quantitative estimate of drug-likeness (QED) is 0.454. The molecular weight excluding hydrogens is 290 g/mol. The number of imide groups is 1. The molecule has 2 rings (SSSR count). The van der Waals surface area contributed by atoms with Gasteiger partial charge in [-0.15, -0.1) is 0 Å². The molecule has 0 radical (unpaired) electrons. The van der Waals surface area contributed by atoms with Crippen molar-refractivity contribution in [3.63, 3.8) is 0 Å². The maximum absolute atomic E-state index is 12.1. The number of aliphatic hydroxyl groups excluding tert-OH is 2. The van der Waals surface area contributed by atoms with E-state index in [0.29, 0.717) is 11.1 Å². The predicted molar refractivity (Wildman–Crippen MR) is 76.5 cm³/mol. The first kappa shape index (κ1) is 15.1. The van der Waals surface area contributed by atoms with Gasteiger partial charge in [0.2, 0.25) is 1.43 Å². The highest BCUT2D eigenvalue weighted by Gasteiger charge is 2.34. The monoisotopic (exact) mass is 310 g/mol. The van der Waals surface area contributed by atoms with Crippen LogP contribution in [0.5, 0.6) is 0 Å². The van der Waals surface area contributed by atoms with Crippen LogP contribution in [-0.2, 0) is 9.47 Å². The molecule has 1 atom stereocenters. The average molecular weight is 310 g/mol. The molecule has 0 aliphatic carbocycles. The Kier molecular flexibility index (Phi) is 5.49. The largest absolute Gasteiger partial charge is 0.394 e. The highest BCUT2D eigenvalue weighted by Crippen LogP contribution is 2.21. The van der Waals surface area contributed by atoms with Gasteiger partial charge in [0, 0.05) is 0 Å². The van der Waals surface area contributed by atoms with E-state index in [1.807, 2.05) is 0 Å². The summed E-state index contributed by atoms with van der Waals surface area (Å²) in [6, 6.07) is 6.72. The normalized spacial score (nSPS) is 15.9. The average Bonchev–Trinajstić information content (AvgIpc) is 2.79. The second-order valence-electron chi connectivity index (χ2n) is 4.82. The number of benzene rings is 1. The van der Waals surface area contributed by atoms with Crippen LogP contribution < -0.4 is 0 Å². The number of amides is 2. The lowest BCUT2D eigenvalue weighted by Crippen LogP contribution is -2.33. The van der Waals surface area contributed by atoms with Crippen molar-refractivity contribution in [1.29, 1.82) is 1.43 Å². The minimum absolute atomic E-state index is 0.0562. The summed E-state index contributed by atoms with van der Waals surface area (Å²) in [5, 5.41) is 13.3. The Morgan fingerprint density at radius 3 is 2.36 bits per heavy atom. The van der Waals surface area contributed by atoms with Gasteiger partial charge in [0.25, 0.3) is 11.8 Å². The number of carbonyl (C=O) groups is 2. The van der Waals surface area contributed by atoms with Crippen LogP contribution in [-0.4, -0.2) is 74.0 Å². The van der Waals surface area contributed by atoms with Crippen molar-refractivity contribution < 1.29 is 29.3 Å². The maximum Gasteiger partial charge on any atom is 0.261 e. The number of nitrogens with zero attached hydrogens (tertiary/aromatic N) is 1. The van der Waals surface area contributed by atoms with E-state index < -0.39 is 6.10 Å². The Morgan fingerprint density at radius 1 is 1.09 bits per heavy atom. The molecule has 0 aromatic heterocycles. The van der Waals surface area contributed by atoms with Gasteiger partial charge < -0.3 is 19.7 Å². The van der Waals surface area contributed by atoms with Gasteiger partial charge in [0.15, 0.2) is 0 Å². The van der Waals surface area contributed by atoms with Crippen LogP contribution in [0.1, 0.15) is 20.7 Å². The van der Waals surface area contributed by atoms with Crippen LogP contribution in [0.3, 0.4) is 0 Å². The molecule has 7 nitrogen and oxygen atoms in total. The van der Waals surface area contributed by atoms with Crippen molar-refractivity contribution in [1.82, 2.24) is 4.90 Å². The van der Waals surface area contributed by atoms with Gasteiger partial charge in [-0.2, -0.15) is 0 Å². The second-order valence-corrected chi connectivity index (χ2v) is 4.82. The van der Waals surface area contributed by atoms with Crippen LogP contribution >= 0.6 is 0 Å². The van der Waals surface area contributed by atoms with E-state index in [0.717, 1.165) is 0 Å². The van der Waals surface area contributed by atoms with Crippen molar-refractivity contribution in [2.45, 2.75) is 6.10 Å². The van der Waals surface area contributed by atoms with Gasteiger partial charge in [-0.1, -0.05) is 12.1 Å².